The molecule has 5 heterocycles. The fourth-order valence-corrected chi connectivity index (χ4v) is 5.17. The van der Waals surface area contributed by atoms with Crippen LogP contribution in [0.3, 0.4) is 0 Å². The first-order valence-electron chi connectivity index (χ1n) is 16.2. The number of rotatable bonds is 2. The normalized spacial score (nSPS) is 14.3. The van der Waals surface area contributed by atoms with Crippen LogP contribution in [0.5, 0.6) is 23.5 Å². The Morgan fingerprint density at radius 1 is 0.821 bits per heavy atom. The second-order valence-corrected chi connectivity index (χ2v) is 11.2. The molecule has 0 spiro atoms. The zero-order chi connectivity index (χ0) is 37.3. The minimum atomic E-state index is -0.821. The largest absolute Gasteiger partial charge is 0.490 e. The smallest absolute Gasteiger partial charge is 0.415 e. The summed E-state index contributed by atoms with van der Waals surface area (Å²) in [5.41, 5.74) is 13.2. The zero-order valence-corrected chi connectivity index (χ0v) is 28.3. The molecule has 0 aliphatic carbocycles. The van der Waals surface area contributed by atoms with Crippen LogP contribution >= 0.6 is 0 Å². The number of amides is 1. The third-order valence-corrected chi connectivity index (χ3v) is 7.55. The maximum atomic E-state index is 12.6. The van der Waals surface area contributed by atoms with Gasteiger partial charge in [-0.25, -0.2) is 9.59 Å². The number of nitrogen functional groups attached to an aromatic ring is 2. The number of fused-ring (bicyclic) bond motifs is 7. The number of nitrogens with zero attached hydrogens (tertiary/aromatic N) is 7. The predicted octanol–water partition coefficient (Wildman–Crippen LogP) is 5.44. The third kappa shape index (κ3) is 10.3. The Morgan fingerprint density at radius 3 is 1.93 bits per heavy atom. The monoisotopic (exact) mass is 774 g/mol. The molecule has 0 saturated carbocycles. The molecule has 5 N–H and O–H groups in total. The lowest BCUT2D eigenvalue weighted by Crippen LogP contribution is -2.33. The number of aromatic amines is 1. The summed E-state index contributed by atoms with van der Waals surface area (Å²) < 4.78 is 28.7. The highest BCUT2D eigenvalue weighted by Crippen LogP contribution is 2.34. The highest BCUT2D eigenvalue weighted by Gasteiger charge is 2.32. The molecule has 8 bridgehead atoms. The molecular weight excluding hydrogens is 728 g/mol. The van der Waals surface area contributed by atoms with E-state index in [1.807, 2.05) is 36.4 Å². The van der Waals surface area contributed by atoms with Crippen molar-refractivity contribution in [3.05, 3.63) is 105 Å². The molecule has 5 aromatic rings. The van der Waals surface area contributed by atoms with Crippen LogP contribution in [-0.4, -0.2) is 73.5 Å². The second kappa shape index (κ2) is 19.8. The minimum absolute atomic E-state index is 0. The van der Waals surface area contributed by atoms with Gasteiger partial charge in [0.25, 0.3) is 0 Å². The number of nitrogens with two attached hydrogens (primary N) is 2. The van der Waals surface area contributed by atoms with E-state index >= 15 is 0 Å². The van der Waals surface area contributed by atoms with E-state index in [4.69, 9.17) is 35.2 Å². The lowest BCUT2D eigenvalue weighted by molar-refractivity contribution is -0.383. The van der Waals surface area contributed by atoms with E-state index in [0.29, 0.717) is 42.2 Å². The topological polar surface area (TPSA) is 251 Å². The quantitative estimate of drug-likeness (QED) is 0.115. The molecule has 0 radical (unpaired) electrons. The zero-order valence-electron chi connectivity index (χ0n) is 28.3. The van der Waals surface area contributed by atoms with Gasteiger partial charge in [0.05, 0.1) is 24.6 Å². The Balaban J connectivity index is 0.000000289. The van der Waals surface area contributed by atoms with E-state index in [1.165, 1.54) is 4.57 Å². The Labute approximate surface area is 322 Å². The van der Waals surface area contributed by atoms with Crippen molar-refractivity contribution in [2.75, 3.05) is 49.4 Å². The number of anilines is 3. The molecule has 0 fully saturated rings. The molecule has 19 nitrogen and oxygen atoms in total. The van der Waals surface area contributed by atoms with Crippen molar-refractivity contribution < 1.29 is 33.4 Å². The molecule has 0 unspecified atom stereocenters. The number of H-pyrrole nitrogens is 1. The maximum Gasteiger partial charge on any atom is 0.415 e. The number of imidazole rings is 1. The Bertz CT molecular complexity index is 2250. The molecule has 2 aliphatic heterocycles. The summed E-state index contributed by atoms with van der Waals surface area (Å²) in [5, 5.41) is 11.6. The average molecular weight is 775 g/mol. The van der Waals surface area contributed by atoms with Crippen LogP contribution < -0.4 is 41.0 Å². The first-order valence-corrected chi connectivity index (χ1v) is 16.2. The number of carbonyl (C=O) groups is 1. The van der Waals surface area contributed by atoms with E-state index in [-0.39, 0.29) is 78.0 Å². The van der Waals surface area contributed by atoms with Gasteiger partial charge in [-0.2, -0.15) is 19.9 Å². The number of hydrogen-bond donors (Lipinski definition) is 3. The molecule has 0 atom stereocenters. The number of hydrogen-bond acceptors (Lipinski definition) is 15. The van der Waals surface area contributed by atoms with E-state index < -0.39 is 22.5 Å². The number of ether oxygens (including phenoxy) is 5. The first kappa shape index (κ1) is 43.2. The van der Waals surface area contributed by atoms with Crippen molar-refractivity contribution in [2.45, 2.75) is 42.3 Å². The van der Waals surface area contributed by atoms with Crippen molar-refractivity contribution in [3.63, 3.8) is 0 Å². The Morgan fingerprint density at radius 2 is 1.36 bits per heavy atom. The minimum Gasteiger partial charge on any atom is -0.490 e. The fourth-order valence-electron chi connectivity index (χ4n) is 5.17. The summed E-state index contributed by atoms with van der Waals surface area (Å²) in [4.78, 5) is 55.8. The van der Waals surface area contributed by atoms with Crippen molar-refractivity contribution in [2.24, 2.45) is 0 Å². The third-order valence-electron chi connectivity index (χ3n) is 7.55. The number of aromatic nitrogens is 6. The van der Waals surface area contributed by atoms with Crippen molar-refractivity contribution >= 4 is 40.4 Å². The van der Waals surface area contributed by atoms with Gasteiger partial charge in [-0.3, -0.25) is 19.6 Å². The highest BCUT2D eigenvalue weighted by atomic mass is 16.6. The summed E-state index contributed by atoms with van der Waals surface area (Å²) in [6, 6.07) is 14.5. The molecule has 2 aliphatic rings. The van der Waals surface area contributed by atoms with Crippen LogP contribution in [-0.2, 0) is 17.8 Å². The summed E-state index contributed by atoms with van der Waals surface area (Å²) >= 11 is 0. The molecule has 298 valence electrons. The molecule has 0 saturated heterocycles. The van der Waals surface area contributed by atoms with Gasteiger partial charge >= 0.3 is 29.5 Å². The van der Waals surface area contributed by atoms with Crippen LogP contribution in [0.25, 0.3) is 11.2 Å². The second-order valence-electron chi connectivity index (χ2n) is 11.2. The maximum absolute atomic E-state index is 12.6. The summed E-state index contributed by atoms with van der Waals surface area (Å²) in [6.45, 7) is 3.06. The molecule has 19 heteroatoms. The Hall–Kier alpha value is -7.18. The van der Waals surface area contributed by atoms with Gasteiger partial charge in [-0.1, -0.05) is 46.5 Å². The van der Waals surface area contributed by atoms with Crippen LogP contribution in [0.1, 0.15) is 40.3 Å². The lowest BCUT2D eigenvalue weighted by atomic mass is 10.2. The SMILES string of the molecule is C.C.C.CCOC(=O)N1Cc2cccc(c2)OC/C=C/COc2nc(N)c([N+](=O)[O-])c1n2.Nc1nc2nc3c1[nH]c(=O)n3Cc1cccc(c1)OC/C=C/CO2. The lowest BCUT2D eigenvalue weighted by Gasteiger charge is -2.22. The van der Waals surface area contributed by atoms with Crippen LogP contribution in [0.2, 0.25) is 0 Å². The van der Waals surface area contributed by atoms with E-state index in [9.17, 15) is 19.7 Å². The van der Waals surface area contributed by atoms with E-state index in [2.05, 4.69) is 24.9 Å². The van der Waals surface area contributed by atoms with Crippen LogP contribution in [0, 0.1) is 10.1 Å². The number of nitrogens with one attached hydrogen (secondary N) is 1. The van der Waals surface area contributed by atoms with Gasteiger partial charge in [0.1, 0.15) is 43.4 Å². The first-order chi connectivity index (χ1) is 25.7. The summed E-state index contributed by atoms with van der Waals surface area (Å²) in [6.07, 6.45) is 6.27. The molecule has 56 heavy (non-hydrogen) atoms. The molecule has 3 aromatic heterocycles. The number of carbonyl (C=O) groups excluding carboxylic acids is 1. The predicted molar refractivity (Wildman–Crippen MR) is 211 cm³/mol. The van der Waals surface area contributed by atoms with Gasteiger partial charge in [-0.05, 0) is 66.6 Å². The van der Waals surface area contributed by atoms with Gasteiger partial charge in [-0.15, -0.1) is 0 Å². The molecule has 1 amide bonds. The molecule has 7 rings (SSSR count). The standard InChI is InChI=1S/C18H19N5O6.C16H15N5O3.3CH4/c1-2-27-18(24)22-11-12-6-5-7-13(10-12)28-8-3-4-9-29-17-20-15(19)14(23(25)26)16(22)21-17;17-13-12-14-20-15(19-13)24-7-2-1-6-23-11-5-3-4-10(8-11)9-21(14)16(22)18-12;;;/h3-7,10H,2,8-9,11H2,1H3,(H2,19,20,21);1-5,8H,6-7,9H2,(H,18,22)(H2,17,19,20);3*1H4/b4-3+;2-1+;;;. The van der Waals surface area contributed by atoms with Crippen molar-refractivity contribution in [1.29, 1.82) is 0 Å². The van der Waals surface area contributed by atoms with Crippen LogP contribution in [0.15, 0.2) is 77.6 Å². The summed E-state index contributed by atoms with van der Waals surface area (Å²) in [5.74, 6) is 0.754. The fraction of sp³-hybridized carbons (Fsp3) is 0.297. The van der Waals surface area contributed by atoms with Crippen LogP contribution in [0.4, 0.5) is 27.9 Å². The number of benzene rings is 2. The van der Waals surface area contributed by atoms with Gasteiger partial charge in [0.15, 0.2) is 11.5 Å². The summed E-state index contributed by atoms with van der Waals surface area (Å²) in [7, 11) is 0. The van der Waals surface area contributed by atoms with Crippen molar-refractivity contribution in [3.8, 4) is 23.5 Å². The molecular formula is C37H46N10O9. The highest BCUT2D eigenvalue weighted by molar-refractivity contribution is 5.90. The van der Waals surface area contributed by atoms with Gasteiger partial charge in [0, 0.05) is 0 Å². The van der Waals surface area contributed by atoms with Gasteiger partial charge in [0.2, 0.25) is 11.6 Å². The van der Waals surface area contributed by atoms with Gasteiger partial charge < -0.3 is 40.1 Å². The van der Waals surface area contributed by atoms with E-state index in [0.717, 1.165) is 16.2 Å². The molecule has 2 aromatic carbocycles. The average Bonchev–Trinajstić information content (AvgIpc) is 3.44. The van der Waals surface area contributed by atoms with Crippen molar-refractivity contribution in [1.82, 2.24) is 29.5 Å². The Kier molecular flexibility index (Phi) is 15.3. The van der Waals surface area contributed by atoms with E-state index in [1.54, 1.807) is 43.3 Å². The number of nitro groups is 1.